The molecule has 1 rings (SSSR count). The van der Waals surface area contributed by atoms with Crippen LogP contribution in [-0.4, -0.2) is 23.7 Å². The SMILES string of the molecule is CC(C)(CNC(=O)Nc1cc(Cl)ccc1Cl)C(=O)O. The van der Waals surface area contributed by atoms with Gasteiger partial charge in [-0.25, -0.2) is 4.79 Å². The molecule has 104 valence electrons. The van der Waals surface area contributed by atoms with E-state index in [-0.39, 0.29) is 6.54 Å². The first-order valence-corrected chi connectivity index (χ1v) is 6.21. The lowest BCUT2D eigenvalue weighted by Crippen LogP contribution is -2.40. The van der Waals surface area contributed by atoms with E-state index in [0.717, 1.165) is 0 Å². The van der Waals surface area contributed by atoms with E-state index >= 15 is 0 Å². The molecule has 3 N–H and O–H groups in total. The second-order valence-corrected chi connectivity index (χ2v) is 5.46. The number of aliphatic carboxylic acids is 1. The molecule has 0 bridgehead atoms. The lowest BCUT2D eigenvalue weighted by atomic mass is 9.94. The third-order valence-electron chi connectivity index (χ3n) is 2.45. The van der Waals surface area contributed by atoms with Crippen molar-refractivity contribution in [3.8, 4) is 0 Å². The van der Waals surface area contributed by atoms with Crippen LogP contribution in [0.5, 0.6) is 0 Å². The highest BCUT2D eigenvalue weighted by atomic mass is 35.5. The maximum absolute atomic E-state index is 11.6. The smallest absolute Gasteiger partial charge is 0.319 e. The van der Waals surface area contributed by atoms with Gasteiger partial charge in [0.2, 0.25) is 0 Å². The molecule has 0 aliphatic heterocycles. The maximum atomic E-state index is 11.6. The molecule has 0 aliphatic carbocycles. The molecule has 2 amide bonds. The predicted molar refractivity (Wildman–Crippen MR) is 74.9 cm³/mol. The van der Waals surface area contributed by atoms with Crippen molar-refractivity contribution in [1.29, 1.82) is 0 Å². The zero-order chi connectivity index (χ0) is 14.6. The summed E-state index contributed by atoms with van der Waals surface area (Å²) in [7, 11) is 0. The Labute approximate surface area is 120 Å². The van der Waals surface area contributed by atoms with Crippen molar-refractivity contribution in [2.24, 2.45) is 5.41 Å². The van der Waals surface area contributed by atoms with Gasteiger partial charge in [-0.1, -0.05) is 23.2 Å². The van der Waals surface area contributed by atoms with Gasteiger partial charge in [-0.15, -0.1) is 0 Å². The summed E-state index contributed by atoms with van der Waals surface area (Å²) in [5, 5.41) is 14.7. The van der Waals surface area contributed by atoms with Gasteiger partial charge in [-0.2, -0.15) is 0 Å². The van der Waals surface area contributed by atoms with Crippen LogP contribution in [0.4, 0.5) is 10.5 Å². The molecule has 5 nitrogen and oxygen atoms in total. The highest BCUT2D eigenvalue weighted by Crippen LogP contribution is 2.25. The highest BCUT2D eigenvalue weighted by molar-refractivity contribution is 6.35. The maximum Gasteiger partial charge on any atom is 0.319 e. The molecule has 0 aromatic heterocycles. The number of carbonyl (C=O) groups excluding carboxylic acids is 1. The van der Waals surface area contributed by atoms with Crippen molar-refractivity contribution in [2.45, 2.75) is 13.8 Å². The van der Waals surface area contributed by atoms with E-state index in [0.29, 0.717) is 15.7 Å². The zero-order valence-corrected chi connectivity index (χ0v) is 12.0. The first-order valence-electron chi connectivity index (χ1n) is 5.45. The second-order valence-electron chi connectivity index (χ2n) is 4.62. The molecule has 19 heavy (non-hydrogen) atoms. The number of amides is 2. The fourth-order valence-corrected chi connectivity index (χ4v) is 1.47. The molecule has 1 aromatic carbocycles. The normalized spacial score (nSPS) is 10.9. The van der Waals surface area contributed by atoms with Crippen molar-refractivity contribution >= 4 is 40.9 Å². The second kappa shape index (κ2) is 6.12. The predicted octanol–water partition coefficient (Wildman–Crippen LogP) is 3.23. The van der Waals surface area contributed by atoms with Crippen LogP contribution in [0.15, 0.2) is 18.2 Å². The Balaban J connectivity index is 2.61. The lowest BCUT2D eigenvalue weighted by Gasteiger charge is -2.19. The summed E-state index contributed by atoms with van der Waals surface area (Å²) in [4.78, 5) is 22.5. The number of anilines is 1. The first kappa shape index (κ1) is 15.6. The van der Waals surface area contributed by atoms with E-state index in [9.17, 15) is 9.59 Å². The Morgan fingerprint density at radius 2 is 1.95 bits per heavy atom. The number of nitrogens with one attached hydrogen (secondary N) is 2. The van der Waals surface area contributed by atoms with Crippen molar-refractivity contribution < 1.29 is 14.7 Å². The Hall–Kier alpha value is -1.46. The van der Waals surface area contributed by atoms with Crippen molar-refractivity contribution in [1.82, 2.24) is 5.32 Å². The summed E-state index contributed by atoms with van der Waals surface area (Å²) in [6, 6.07) is 4.12. The number of hydrogen-bond donors (Lipinski definition) is 3. The number of carboxylic acids is 1. The molecule has 0 saturated carbocycles. The van der Waals surface area contributed by atoms with Gasteiger partial charge in [-0.3, -0.25) is 4.79 Å². The summed E-state index contributed by atoms with van der Waals surface area (Å²) in [5.74, 6) is -0.992. The third-order valence-corrected chi connectivity index (χ3v) is 3.01. The minimum Gasteiger partial charge on any atom is -0.481 e. The highest BCUT2D eigenvalue weighted by Gasteiger charge is 2.27. The molecular formula is C12H14Cl2N2O3. The Bertz CT molecular complexity index is 504. The summed E-state index contributed by atoms with van der Waals surface area (Å²) in [6.45, 7) is 3.02. The molecular weight excluding hydrogens is 291 g/mol. The molecule has 0 fully saturated rings. The van der Waals surface area contributed by atoms with Gasteiger partial charge < -0.3 is 15.7 Å². The summed E-state index contributed by atoms with van der Waals surface area (Å²) < 4.78 is 0. The molecule has 0 heterocycles. The summed E-state index contributed by atoms with van der Waals surface area (Å²) in [5.41, 5.74) is -0.685. The summed E-state index contributed by atoms with van der Waals surface area (Å²) in [6.07, 6.45) is 0. The summed E-state index contributed by atoms with van der Waals surface area (Å²) >= 11 is 11.7. The number of benzene rings is 1. The van der Waals surface area contributed by atoms with Crippen molar-refractivity contribution in [2.75, 3.05) is 11.9 Å². The van der Waals surface area contributed by atoms with Crippen LogP contribution in [0.25, 0.3) is 0 Å². The van der Waals surface area contributed by atoms with Crippen LogP contribution in [0.3, 0.4) is 0 Å². The topological polar surface area (TPSA) is 78.4 Å². The van der Waals surface area contributed by atoms with E-state index in [1.807, 2.05) is 0 Å². The van der Waals surface area contributed by atoms with Gasteiger partial charge in [0, 0.05) is 11.6 Å². The number of hydrogen-bond acceptors (Lipinski definition) is 2. The average molecular weight is 305 g/mol. The van der Waals surface area contributed by atoms with Crippen LogP contribution in [0.2, 0.25) is 10.0 Å². The van der Waals surface area contributed by atoms with E-state index in [4.69, 9.17) is 28.3 Å². The Kier molecular flexibility index (Phi) is 5.03. The van der Waals surface area contributed by atoms with Gasteiger partial charge in [0.05, 0.1) is 16.1 Å². The largest absolute Gasteiger partial charge is 0.481 e. The molecule has 7 heteroatoms. The molecule has 0 unspecified atom stereocenters. The Morgan fingerprint density at radius 3 is 2.53 bits per heavy atom. The fourth-order valence-electron chi connectivity index (χ4n) is 1.14. The minimum absolute atomic E-state index is 0.00759. The first-order chi connectivity index (χ1) is 8.72. The van der Waals surface area contributed by atoms with Crippen LogP contribution in [0, 0.1) is 5.41 Å². The number of urea groups is 1. The fraction of sp³-hybridized carbons (Fsp3) is 0.333. The molecule has 0 aliphatic rings. The lowest BCUT2D eigenvalue weighted by molar-refractivity contribution is -0.146. The molecule has 0 saturated heterocycles. The van der Waals surface area contributed by atoms with Crippen LogP contribution in [0.1, 0.15) is 13.8 Å². The van der Waals surface area contributed by atoms with Crippen LogP contribution < -0.4 is 10.6 Å². The van der Waals surface area contributed by atoms with E-state index in [1.165, 1.54) is 19.9 Å². The average Bonchev–Trinajstić information content (AvgIpc) is 2.31. The Morgan fingerprint density at radius 1 is 1.32 bits per heavy atom. The van der Waals surface area contributed by atoms with Crippen molar-refractivity contribution in [3.63, 3.8) is 0 Å². The van der Waals surface area contributed by atoms with Crippen LogP contribution >= 0.6 is 23.2 Å². The number of halogens is 2. The molecule has 1 aromatic rings. The molecule has 0 atom stereocenters. The third kappa shape index (κ3) is 4.61. The molecule has 0 radical (unpaired) electrons. The standard InChI is InChI=1S/C12H14Cl2N2O3/c1-12(2,10(17)18)6-15-11(19)16-9-5-7(13)3-4-8(9)14/h3-5H,6H2,1-2H3,(H,17,18)(H2,15,16,19). The monoisotopic (exact) mass is 304 g/mol. The number of carboxylic acid groups (broad SMARTS) is 1. The quantitative estimate of drug-likeness (QED) is 0.799. The van der Waals surface area contributed by atoms with E-state index in [1.54, 1.807) is 12.1 Å². The van der Waals surface area contributed by atoms with Crippen LogP contribution in [-0.2, 0) is 4.79 Å². The number of rotatable bonds is 4. The van der Waals surface area contributed by atoms with Gasteiger partial charge in [0.15, 0.2) is 0 Å². The van der Waals surface area contributed by atoms with Gasteiger partial charge in [0.1, 0.15) is 0 Å². The van der Waals surface area contributed by atoms with E-state index in [2.05, 4.69) is 10.6 Å². The number of carbonyl (C=O) groups is 2. The minimum atomic E-state index is -1.05. The zero-order valence-electron chi connectivity index (χ0n) is 10.5. The van der Waals surface area contributed by atoms with Gasteiger partial charge in [0.25, 0.3) is 0 Å². The molecule has 0 spiro atoms. The van der Waals surface area contributed by atoms with Gasteiger partial charge >= 0.3 is 12.0 Å². The van der Waals surface area contributed by atoms with E-state index < -0.39 is 17.4 Å². The van der Waals surface area contributed by atoms with Gasteiger partial charge in [-0.05, 0) is 32.0 Å². The van der Waals surface area contributed by atoms with Crippen molar-refractivity contribution in [3.05, 3.63) is 28.2 Å².